The van der Waals surface area contributed by atoms with Gasteiger partial charge in [0, 0.05) is 29.5 Å². The van der Waals surface area contributed by atoms with E-state index in [0.29, 0.717) is 24.1 Å². The molecule has 4 aromatic rings. The summed E-state index contributed by atoms with van der Waals surface area (Å²) in [5.41, 5.74) is 4.32. The number of aryl methyl sites for hydroxylation is 2. The van der Waals surface area contributed by atoms with Crippen molar-refractivity contribution in [3.63, 3.8) is 0 Å². The quantitative estimate of drug-likeness (QED) is 0.457. The molecule has 2 amide bonds. The van der Waals surface area contributed by atoms with E-state index in [1.54, 1.807) is 11.3 Å². The van der Waals surface area contributed by atoms with Crippen molar-refractivity contribution in [2.24, 2.45) is 11.8 Å². The van der Waals surface area contributed by atoms with Gasteiger partial charge in [-0.3, -0.25) is 14.0 Å². The van der Waals surface area contributed by atoms with Gasteiger partial charge in [-0.2, -0.15) is 0 Å². The van der Waals surface area contributed by atoms with Crippen LogP contribution in [0.15, 0.2) is 47.3 Å². The van der Waals surface area contributed by atoms with Crippen LogP contribution >= 0.6 is 22.7 Å². The van der Waals surface area contributed by atoms with Gasteiger partial charge in [0.05, 0.1) is 17.3 Å². The number of hydrogen-bond donors (Lipinski definition) is 1. The van der Waals surface area contributed by atoms with Crippen LogP contribution in [0.5, 0.6) is 0 Å². The van der Waals surface area contributed by atoms with Crippen molar-refractivity contribution in [3.05, 3.63) is 69.8 Å². The van der Waals surface area contributed by atoms with Crippen LogP contribution in [0, 0.1) is 25.7 Å². The van der Waals surface area contributed by atoms with Crippen molar-refractivity contribution in [2.75, 3.05) is 13.1 Å². The van der Waals surface area contributed by atoms with Gasteiger partial charge >= 0.3 is 0 Å². The largest absolute Gasteiger partial charge is 0.349 e. The molecule has 1 saturated carbocycles. The van der Waals surface area contributed by atoms with E-state index in [9.17, 15) is 9.59 Å². The Balaban J connectivity index is 1.22. The van der Waals surface area contributed by atoms with Crippen molar-refractivity contribution in [1.82, 2.24) is 19.6 Å². The number of likely N-dealkylation sites (tertiary alicyclic amines) is 1. The van der Waals surface area contributed by atoms with Crippen molar-refractivity contribution in [1.29, 1.82) is 0 Å². The lowest BCUT2D eigenvalue weighted by molar-refractivity contribution is 0.0695. The van der Waals surface area contributed by atoms with Gasteiger partial charge in [-0.05, 0) is 49.1 Å². The first kappa shape index (κ1) is 20.6. The molecule has 168 valence electrons. The zero-order valence-electron chi connectivity index (χ0n) is 18.4. The predicted octanol–water partition coefficient (Wildman–Crippen LogP) is 4.63. The van der Waals surface area contributed by atoms with Crippen molar-refractivity contribution in [3.8, 4) is 10.4 Å². The summed E-state index contributed by atoms with van der Waals surface area (Å²) in [4.78, 5) is 35.0. The topological polar surface area (TPSA) is 66.7 Å². The van der Waals surface area contributed by atoms with Crippen molar-refractivity contribution in [2.45, 2.75) is 26.3 Å². The van der Waals surface area contributed by atoms with Gasteiger partial charge in [0.15, 0.2) is 4.96 Å². The zero-order valence-corrected chi connectivity index (χ0v) is 20.1. The van der Waals surface area contributed by atoms with Crippen LogP contribution < -0.4 is 5.32 Å². The van der Waals surface area contributed by atoms with Gasteiger partial charge < -0.3 is 10.2 Å². The minimum atomic E-state index is -0.133. The van der Waals surface area contributed by atoms with E-state index >= 15 is 0 Å². The second kappa shape index (κ2) is 7.81. The number of hydrogen-bond acceptors (Lipinski definition) is 5. The van der Waals surface area contributed by atoms with Crippen LogP contribution in [0.25, 0.3) is 15.4 Å². The highest BCUT2D eigenvalue weighted by Crippen LogP contribution is 2.50. The average molecular weight is 477 g/mol. The third-order valence-corrected chi connectivity index (χ3v) is 8.58. The second-order valence-electron chi connectivity index (χ2n) is 9.03. The minimum Gasteiger partial charge on any atom is -0.349 e. The Bertz CT molecular complexity index is 1380. The van der Waals surface area contributed by atoms with Crippen LogP contribution in [-0.4, -0.2) is 45.2 Å². The molecule has 4 heterocycles. The standard InChI is InChI=1S/C25H24N4O2S2/c1-14-4-3-5-16(10-14)22-18(6-8-32-22)24(31)29-13-17-11-19(17)20(29)12-26-23(30)21-15(2)27-25-28(21)7-9-33-25/h3-10,17,19-20H,11-13H2,1-2H3,(H,26,30)/t17-,19-,20+/m0/s1. The molecule has 1 saturated heterocycles. The molecule has 2 fully saturated rings. The van der Waals surface area contributed by atoms with Gasteiger partial charge in [0.2, 0.25) is 0 Å². The van der Waals surface area contributed by atoms with Gasteiger partial charge in [-0.1, -0.05) is 29.8 Å². The molecule has 3 aromatic heterocycles. The number of imidazole rings is 1. The number of amides is 2. The number of fused-ring (bicyclic) bond motifs is 2. The van der Waals surface area contributed by atoms with E-state index in [1.165, 1.54) is 16.9 Å². The number of aromatic nitrogens is 2. The molecule has 6 rings (SSSR count). The van der Waals surface area contributed by atoms with Gasteiger partial charge in [0.25, 0.3) is 11.8 Å². The van der Waals surface area contributed by atoms with Crippen molar-refractivity contribution < 1.29 is 9.59 Å². The Morgan fingerprint density at radius 1 is 1.18 bits per heavy atom. The molecule has 0 unspecified atom stereocenters. The normalized spacial score (nSPS) is 21.4. The molecule has 0 bridgehead atoms. The number of nitrogens with one attached hydrogen (secondary N) is 1. The fourth-order valence-corrected chi connectivity index (χ4v) is 6.80. The van der Waals surface area contributed by atoms with E-state index in [1.807, 2.05) is 45.3 Å². The summed E-state index contributed by atoms with van der Waals surface area (Å²) in [6.07, 6.45) is 3.01. The average Bonchev–Trinajstić information content (AvgIpc) is 3.20. The van der Waals surface area contributed by atoms with Crippen LogP contribution in [0.3, 0.4) is 0 Å². The maximum atomic E-state index is 13.6. The summed E-state index contributed by atoms with van der Waals surface area (Å²) in [6.45, 7) is 5.16. The highest BCUT2D eigenvalue weighted by atomic mass is 32.1. The highest BCUT2D eigenvalue weighted by molar-refractivity contribution is 7.15. The number of piperidine rings is 1. The van der Waals surface area contributed by atoms with Gasteiger partial charge in [-0.25, -0.2) is 4.98 Å². The summed E-state index contributed by atoms with van der Waals surface area (Å²) < 4.78 is 1.84. The number of benzene rings is 1. The molecular formula is C25H24N4O2S2. The molecule has 0 radical (unpaired) electrons. The van der Waals surface area contributed by atoms with E-state index in [-0.39, 0.29) is 17.9 Å². The third-order valence-electron chi connectivity index (χ3n) is 6.86. The number of carbonyl (C=O) groups is 2. The number of thiazole rings is 1. The minimum absolute atomic E-state index is 0.0305. The zero-order chi connectivity index (χ0) is 22.7. The van der Waals surface area contributed by atoms with Crippen LogP contribution in [0.4, 0.5) is 0 Å². The molecule has 33 heavy (non-hydrogen) atoms. The predicted molar refractivity (Wildman–Crippen MR) is 131 cm³/mol. The molecule has 3 atom stereocenters. The molecule has 0 spiro atoms. The van der Waals surface area contributed by atoms with Crippen molar-refractivity contribution >= 4 is 39.4 Å². The van der Waals surface area contributed by atoms with E-state index in [4.69, 9.17) is 0 Å². The lowest BCUT2D eigenvalue weighted by Gasteiger charge is -2.28. The first-order valence-corrected chi connectivity index (χ1v) is 12.9. The fraction of sp³-hybridized carbons (Fsp3) is 0.320. The Kier molecular flexibility index (Phi) is 4.88. The molecule has 6 nitrogen and oxygen atoms in total. The molecule has 2 aliphatic rings. The Labute approximate surface area is 199 Å². The first-order valence-electron chi connectivity index (χ1n) is 11.2. The molecule has 1 aliphatic heterocycles. The molecule has 8 heteroatoms. The van der Waals surface area contributed by atoms with Crippen LogP contribution in [0.1, 0.15) is 38.5 Å². The van der Waals surface area contributed by atoms with Crippen LogP contribution in [0.2, 0.25) is 0 Å². The van der Waals surface area contributed by atoms with Gasteiger partial charge in [-0.15, -0.1) is 22.7 Å². The lowest BCUT2D eigenvalue weighted by atomic mass is 10.1. The summed E-state index contributed by atoms with van der Waals surface area (Å²) in [5.74, 6) is 0.964. The second-order valence-corrected chi connectivity index (χ2v) is 10.8. The summed E-state index contributed by atoms with van der Waals surface area (Å²) in [5, 5.41) is 7.03. The molecule has 1 aliphatic carbocycles. The van der Waals surface area contributed by atoms with E-state index in [2.05, 4.69) is 35.4 Å². The SMILES string of the molecule is Cc1cccc(-c2sccc2C(=O)N2C[C@@H]3C[C@@H]3[C@H]2CNC(=O)c2c(C)nc3sccn23)c1. The maximum Gasteiger partial charge on any atom is 0.270 e. The number of nitrogens with zero attached hydrogens (tertiary/aromatic N) is 3. The Morgan fingerprint density at radius 2 is 2.06 bits per heavy atom. The Hall–Kier alpha value is -2.97. The third kappa shape index (κ3) is 3.48. The first-order chi connectivity index (χ1) is 16.0. The number of thiophene rings is 1. The molecular weight excluding hydrogens is 452 g/mol. The summed E-state index contributed by atoms with van der Waals surface area (Å²) >= 11 is 3.12. The summed E-state index contributed by atoms with van der Waals surface area (Å²) in [6, 6.07) is 10.3. The molecule has 1 aromatic carbocycles. The monoisotopic (exact) mass is 476 g/mol. The van der Waals surface area contributed by atoms with Gasteiger partial charge in [0.1, 0.15) is 5.69 Å². The van der Waals surface area contributed by atoms with E-state index < -0.39 is 0 Å². The summed E-state index contributed by atoms with van der Waals surface area (Å²) in [7, 11) is 0. The molecule has 1 N–H and O–H groups in total. The Morgan fingerprint density at radius 3 is 2.91 bits per heavy atom. The smallest absolute Gasteiger partial charge is 0.270 e. The van der Waals surface area contributed by atoms with E-state index in [0.717, 1.165) is 39.6 Å². The lowest BCUT2D eigenvalue weighted by Crippen LogP contribution is -2.45. The number of carbonyl (C=O) groups excluding carboxylic acids is 2. The number of rotatable bonds is 5. The highest BCUT2D eigenvalue weighted by Gasteiger charge is 2.54. The van der Waals surface area contributed by atoms with Crippen LogP contribution in [-0.2, 0) is 0 Å². The maximum absolute atomic E-state index is 13.6. The fourth-order valence-electron chi connectivity index (χ4n) is 5.16.